The van der Waals surface area contributed by atoms with Gasteiger partial charge in [0.1, 0.15) is 6.09 Å². The van der Waals surface area contributed by atoms with Crippen molar-refractivity contribution in [2.24, 2.45) is 0 Å². The minimum atomic E-state index is -1.38. The Labute approximate surface area is 73.4 Å². The topological polar surface area (TPSA) is 80.8 Å². The third-order valence-electron chi connectivity index (χ3n) is 1.61. The number of aromatic amines is 1. The lowest BCUT2D eigenvalue weighted by molar-refractivity contribution is -0.242. The first kappa shape index (κ1) is 7.60. The molecule has 66 valence electrons. The molecule has 0 radical (unpaired) electrons. The quantitative estimate of drug-likeness (QED) is 0.656. The summed E-state index contributed by atoms with van der Waals surface area (Å²) in [6, 6.07) is 7.25. The fourth-order valence-corrected chi connectivity index (χ4v) is 1.11. The Morgan fingerprint density at radius 3 is 2.92 bits per heavy atom. The van der Waals surface area contributed by atoms with Crippen LogP contribution in [-0.2, 0) is 0 Å². The predicted octanol–water partition coefficient (Wildman–Crippen LogP) is 0.318. The molecule has 0 unspecified atom stereocenters. The molecule has 0 spiro atoms. The van der Waals surface area contributed by atoms with E-state index >= 15 is 0 Å². The summed E-state index contributed by atoms with van der Waals surface area (Å²) < 4.78 is 0. The lowest BCUT2D eigenvalue weighted by Crippen LogP contribution is -2.29. The maximum atomic E-state index is 10.2. The van der Waals surface area contributed by atoms with Crippen molar-refractivity contribution in [1.82, 2.24) is 9.97 Å². The van der Waals surface area contributed by atoms with Gasteiger partial charge in [-0.05, 0) is 12.1 Å². The van der Waals surface area contributed by atoms with Gasteiger partial charge in [0.05, 0.1) is 11.0 Å². The maximum Gasteiger partial charge on any atom is 0.206 e. The molecule has 1 aromatic carbocycles. The normalized spacial score (nSPS) is 10.2. The number of benzene rings is 1. The third kappa shape index (κ3) is 1.44. The first-order valence-electron chi connectivity index (χ1n) is 3.68. The number of para-hydroxylation sites is 2. The van der Waals surface area contributed by atoms with Crippen molar-refractivity contribution in [1.29, 1.82) is 0 Å². The second-order valence-electron chi connectivity index (χ2n) is 2.52. The van der Waals surface area contributed by atoms with Crippen molar-refractivity contribution in [3.05, 3.63) is 24.3 Å². The monoisotopic (exact) mass is 176 g/mol. The van der Waals surface area contributed by atoms with E-state index in [2.05, 4.69) is 9.97 Å². The largest absolute Gasteiger partial charge is 0.530 e. The average Bonchev–Trinajstić information content (AvgIpc) is 2.44. The van der Waals surface area contributed by atoms with Crippen LogP contribution in [0, 0.1) is 0 Å². The van der Waals surface area contributed by atoms with Gasteiger partial charge in [0.15, 0.2) is 0 Å². The van der Waals surface area contributed by atoms with Gasteiger partial charge in [0.2, 0.25) is 5.95 Å². The van der Waals surface area contributed by atoms with E-state index < -0.39 is 6.09 Å². The number of carbonyl (C=O) groups excluding carboxylic acids is 1. The Balaban J connectivity index is 2.44. The number of H-pyrrole nitrogens is 1. The fourth-order valence-electron chi connectivity index (χ4n) is 1.11. The predicted molar refractivity (Wildman–Crippen MR) is 45.1 cm³/mol. The van der Waals surface area contributed by atoms with Gasteiger partial charge in [-0.3, -0.25) is 0 Å². The van der Waals surface area contributed by atoms with E-state index in [0.29, 0.717) is 5.52 Å². The van der Waals surface area contributed by atoms with Crippen LogP contribution in [0.25, 0.3) is 11.0 Å². The van der Waals surface area contributed by atoms with Gasteiger partial charge in [-0.25, -0.2) is 4.98 Å². The summed E-state index contributed by atoms with van der Waals surface area (Å²) in [7, 11) is 0. The molecular formula is C8H6N3O2-. The van der Waals surface area contributed by atoms with Crippen molar-refractivity contribution in [3.8, 4) is 0 Å². The van der Waals surface area contributed by atoms with Gasteiger partial charge in [-0.1, -0.05) is 12.1 Å². The molecule has 1 heterocycles. The third-order valence-corrected chi connectivity index (χ3v) is 1.61. The highest BCUT2D eigenvalue weighted by Gasteiger charge is 1.99. The minimum Gasteiger partial charge on any atom is -0.530 e. The molecule has 5 heteroatoms. The lowest BCUT2D eigenvalue weighted by Gasteiger charge is -1.99. The highest BCUT2D eigenvalue weighted by atomic mass is 16.4. The van der Waals surface area contributed by atoms with Gasteiger partial charge in [0.25, 0.3) is 0 Å². The number of anilines is 1. The number of nitrogens with zero attached hydrogens (tertiary/aromatic N) is 1. The summed E-state index contributed by atoms with van der Waals surface area (Å²) in [6.45, 7) is 0. The van der Waals surface area contributed by atoms with Gasteiger partial charge in [-0.2, -0.15) is 0 Å². The van der Waals surface area contributed by atoms with E-state index in [4.69, 9.17) is 0 Å². The summed E-state index contributed by atoms with van der Waals surface area (Å²) in [4.78, 5) is 16.9. The van der Waals surface area contributed by atoms with Crippen LogP contribution in [0.4, 0.5) is 10.7 Å². The SMILES string of the molecule is O=C([O-])Nc1nc2ccccc2[nH]1. The van der Waals surface area contributed by atoms with Crippen LogP contribution in [0.1, 0.15) is 0 Å². The van der Waals surface area contributed by atoms with E-state index in [-0.39, 0.29) is 5.95 Å². The maximum absolute atomic E-state index is 10.2. The molecule has 0 atom stereocenters. The van der Waals surface area contributed by atoms with Crippen molar-refractivity contribution >= 4 is 23.1 Å². The standard InChI is InChI=1S/C8H7N3O2/c12-8(13)11-7-9-5-3-1-2-4-6(5)10-7/h1-4H,(H,12,13)(H2,9,10,11)/p-1. The van der Waals surface area contributed by atoms with E-state index in [1.807, 2.05) is 23.5 Å². The number of fused-ring (bicyclic) bond motifs is 1. The number of hydrogen-bond donors (Lipinski definition) is 2. The van der Waals surface area contributed by atoms with E-state index in [1.165, 1.54) is 0 Å². The highest BCUT2D eigenvalue weighted by Crippen LogP contribution is 2.12. The molecule has 1 aromatic heterocycles. The Kier molecular flexibility index (Phi) is 1.63. The molecule has 0 bridgehead atoms. The molecule has 2 aromatic rings. The zero-order chi connectivity index (χ0) is 9.26. The van der Waals surface area contributed by atoms with Crippen LogP contribution in [0.5, 0.6) is 0 Å². The van der Waals surface area contributed by atoms with Gasteiger partial charge < -0.3 is 20.2 Å². The second kappa shape index (κ2) is 2.78. The molecule has 0 aliphatic carbocycles. The smallest absolute Gasteiger partial charge is 0.206 e. The molecule has 1 amide bonds. The summed E-state index contributed by atoms with van der Waals surface area (Å²) >= 11 is 0. The van der Waals surface area contributed by atoms with Crippen LogP contribution >= 0.6 is 0 Å². The van der Waals surface area contributed by atoms with Crippen LogP contribution in [0.2, 0.25) is 0 Å². The summed E-state index contributed by atoms with van der Waals surface area (Å²) in [6.07, 6.45) is -1.38. The summed E-state index contributed by atoms with van der Waals surface area (Å²) in [5, 5.41) is 12.2. The van der Waals surface area contributed by atoms with Crippen molar-refractivity contribution < 1.29 is 9.90 Å². The Bertz CT molecular complexity index is 416. The summed E-state index contributed by atoms with van der Waals surface area (Å²) in [5.74, 6) is 0.182. The zero-order valence-electron chi connectivity index (χ0n) is 6.57. The van der Waals surface area contributed by atoms with E-state index in [9.17, 15) is 9.90 Å². The van der Waals surface area contributed by atoms with Gasteiger partial charge in [0, 0.05) is 0 Å². The Hall–Kier alpha value is -2.04. The number of imidazole rings is 1. The molecule has 0 saturated carbocycles. The molecular weight excluding hydrogens is 170 g/mol. The van der Waals surface area contributed by atoms with Crippen molar-refractivity contribution in [2.75, 3.05) is 5.32 Å². The number of rotatable bonds is 1. The first-order valence-corrected chi connectivity index (χ1v) is 3.68. The molecule has 5 nitrogen and oxygen atoms in total. The highest BCUT2D eigenvalue weighted by molar-refractivity contribution is 5.83. The van der Waals surface area contributed by atoms with Gasteiger partial charge >= 0.3 is 0 Å². The van der Waals surface area contributed by atoms with Gasteiger partial charge in [-0.15, -0.1) is 0 Å². The molecule has 2 N–H and O–H groups in total. The average molecular weight is 176 g/mol. The number of hydrogen-bond acceptors (Lipinski definition) is 3. The van der Waals surface area contributed by atoms with Crippen LogP contribution in [0.15, 0.2) is 24.3 Å². The fraction of sp³-hybridized carbons (Fsp3) is 0. The van der Waals surface area contributed by atoms with E-state index in [0.717, 1.165) is 5.52 Å². The van der Waals surface area contributed by atoms with E-state index in [1.54, 1.807) is 6.07 Å². The van der Waals surface area contributed by atoms with Crippen LogP contribution in [0.3, 0.4) is 0 Å². The number of carboxylic acid groups (broad SMARTS) is 1. The molecule has 0 fully saturated rings. The first-order chi connectivity index (χ1) is 6.25. The van der Waals surface area contributed by atoms with Crippen molar-refractivity contribution in [3.63, 3.8) is 0 Å². The number of carbonyl (C=O) groups is 1. The minimum absolute atomic E-state index is 0.182. The van der Waals surface area contributed by atoms with Crippen LogP contribution < -0.4 is 10.4 Å². The summed E-state index contributed by atoms with van der Waals surface area (Å²) in [5.41, 5.74) is 1.50. The number of nitrogens with one attached hydrogen (secondary N) is 2. The van der Waals surface area contributed by atoms with Crippen LogP contribution in [-0.4, -0.2) is 16.1 Å². The molecule has 0 aliphatic heterocycles. The second-order valence-corrected chi connectivity index (χ2v) is 2.52. The number of aromatic nitrogens is 2. The lowest BCUT2D eigenvalue weighted by atomic mass is 10.3. The molecule has 0 saturated heterocycles. The Morgan fingerprint density at radius 2 is 2.23 bits per heavy atom. The molecule has 13 heavy (non-hydrogen) atoms. The molecule has 2 rings (SSSR count). The Morgan fingerprint density at radius 1 is 1.46 bits per heavy atom. The zero-order valence-corrected chi connectivity index (χ0v) is 6.57. The molecule has 0 aliphatic rings. The van der Waals surface area contributed by atoms with Crippen molar-refractivity contribution in [2.45, 2.75) is 0 Å². The number of amides is 1.